The van der Waals surface area contributed by atoms with Gasteiger partial charge in [0.05, 0.1) is 0 Å². The average Bonchev–Trinajstić information content (AvgIpc) is 2.91. The second-order valence-corrected chi connectivity index (χ2v) is 9.61. The Bertz CT molecular complexity index is 1400. The molecule has 0 saturated heterocycles. The molecule has 2 amide bonds. The van der Waals surface area contributed by atoms with E-state index in [-0.39, 0.29) is 12.3 Å². The van der Waals surface area contributed by atoms with Gasteiger partial charge in [-0.3, -0.25) is 5.32 Å². The van der Waals surface area contributed by atoms with Crippen LogP contribution in [0.1, 0.15) is 31.9 Å². The van der Waals surface area contributed by atoms with Crippen LogP contribution in [0.25, 0.3) is 0 Å². The number of hydrogen-bond acceptors (Lipinski definition) is 6. The number of ether oxygens (including phenoxy) is 3. The Morgan fingerprint density at radius 2 is 1.37 bits per heavy atom. The van der Waals surface area contributed by atoms with Gasteiger partial charge in [0, 0.05) is 12.1 Å². The highest BCUT2D eigenvalue weighted by atomic mass is 19.2. The van der Waals surface area contributed by atoms with Gasteiger partial charge in [-0.05, 0) is 44.0 Å². The number of amides is 2. The molecule has 0 radical (unpaired) electrons. The van der Waals surface area contributed by atoms with E-state index in [1.54, 1.807) is 51.1 Å². The van der Waals surface area contributed by atoms with Gasteiger partial charge in [0.2, 0.25) is 34.8 Å². The highest BCUT2D eigenvalue weighted by Gasteiger charge is 2.32. The van der Waals surface area contributed by atoms with Crippen LogP contribution in [0.15, 0.2) is 54.6 Å². The predicted octanol–water partition coefficient (Wildman–Crippen LogP) is 6.17. The normalized spacial score (nSPS) is 11.8. The first-order valence-electron chi connectivity index (χ1n) is 12.0. The summed E-state index contributed by atoms with van der Waals surface area (Å²) in [4.78, 5) is 37.5. The molecular weight excluding hydrogens is 555 g/mol. The number of rotatable bonds is 8. The smallest absolute Gasteiger partial charge is 0.412 e. The minimum atomic E-state index is -2.44. The van der Waals surface area contributed by atoms with Gasteiger partial charge >= 0.3 is 18.2 Å². The number of carbonyl (C=O) groups excluding carboxylic acids is 3. The zero-order chi connectivity index (χ0) is 30.3. The second-order valence-electron chi connectivity index (χ2n) is 9.61. The molecular formula is C28H25F5N2O6. The van der Waals surface area contributed by atoms with Crippen molar-refractivity contribution in [3.8, 4) is 5.75 Å². The SMILES string of the molecule is CC(C)(C)OC(=O)Nc1cccc(C[C@H](NC(=O)OCc2ccccc2)C(=O)Oc2c(F)c(F)c(F)c(F)c2F)c1. The molecule has 0 aliphatic rings. The van der Waals surface area contributed by atoms with E-state index in [0.717, 1.165) is 0 Å². The zero-order valence-electron chi connectivity index (χ0n) is 22.0. The Kier molecular flexibility index (Phi) is 9.87. The largest absolute Gasteiger partial charge is 0.445 e. The number of hydrogen-bond donors (Lipinski definition) is 2. The van der Waals surface area contributed by atoms with E-state index in [2.05, 4.69) is 15.4 Å². The first kappa shape index (κ1) is 30.9. The maximum Gasteiger partial charge on any atom is 0.412 e. The fourth-order valence-electron chi connectivity index (χ4n) is 3.38. The first-order valence-corrected chi connectivity index (χ1v) is 12.0. The molecule has 0 bridgehead atoms. The molecule has 3 rings (SSSR count). The van der Waals surface area contributed by atoms with Crippen molar-refractivity contribution in [3.05, 3.63) is 94.8 Å². The molecule has 0 unspecified atom stereocenters. The fourth-order valence-corrected chi connectivity index (χ4v) is 3.38. The summed E-state index contributed by atoms with van der Waals surface area (Å²) in [6.07, 6.45) is -2.32. The third kappa shape index (κ3) is 8.65. The van der Waals surface area contributed by atoms with Crippen LogP contribution in [0, 0.1) is 29.1 Å². The quantitative estimate of drug-likeness (QED) is 0.109. The Hall–Kier alpha value is -4.68. The van der Waals surface area contributed by atoms with E-state index in [0.29, 0.717) is 11.1 Å². The Labute approximate surface area is 231 Å². The van der Waals surface area contributed by atoms with Crippen LogP contribution in [-0.4, -0.2) is 29.8 Å². The third-order valence-corrected chi connectivity index (χ3v) is 5.17. The van der Waals surface area contributed by atoms with Crippen molar-refractivity contribution >= 4 is 23.8 Å². The number of esters is 1. The molecule has 2 N–H and O–H groups in total. The summed E-state index contributed by atoms with van der Waals surface area (Å²) in [5, 5.41) is 4.66. The number of anilines is 1. The highest BCUT2D eigenvalue weighted by molar-refractivity contribution is 5.85. The van der Waals surface area contributed by atoms with E-state index in [1.807, 2.05) is 0 Å². The van der Waals surface area contributed by atoms with E-state index >= 15 is 0 Å². The topological polar surface area (TPSA) is 103 Å². The van der Waals surface area contributed by atoms with Gasteiger partial charge in [0.15, 0.2) is 0 Å². The van der Waals surface area contributed by atoms with Crippen LogP contribution in [-0.2, 0) is 27.3 Å². The van der Waals surface area contributed by atoms with Crippen molar-refractivity contribution in [1.82, 2.24) is 5.32 Å². The summed E-state index contributed by atoms with van der Waals surface area (Å²) in [7, 11) is 0. The lowest BCUT2D eigenvalue weighted by Gasteiger charge is -2.20. The van der Waals surface area contributed by atoms with Gasteiger partial charge in [0.1, 0.15) is 18.2 Å². The maximum absolute atomic E-state index is 14.2. The molecule has 0 aliphatic heterocycles. The van der Waals surface area contributed by atoms with Crippen molar-refractivity contribution in [3.63, 3.8) is 0 Å². The van der Waals surface area contributed by atoms with Crippen molar-refractivity contribution in [2.24, 2.45) is 0 Å². The van der Waals surface area contributed by atoms with Gasteiger partial charge in [-0.1, -0.05) is 42.5 Å². The molecule has 0 saturated carbocycles. The lowest BCUT2D eigenvalue weighted by Crippen LogP contribution is -2.45. The molecule has 0 aliphatic carbocycles. The predicted molar refractivity (Wildman–Crippen MR) is 135 cm³/mol. The molecule has 0 aromatic heterocycles. The molecule has 0 fully saturated rings. The zero-order valence-corrected chi connectivity index (χ0v) is 22.0. The lowest BCUT2D eigenvalue weighted by atomic mass is 10.1. The molecule has 0 heterocycles. The average molecular weight is 581 g/mol. The number of nitrogens with one attached hydrogen (secondary N) is 2. The summed E-state index contributed by atoms with van der Waals surface area (Å²) in [5.41, 5.74) is 0.338. The van der Waals surface area contributed by atoms with Gasteiger partial charge in [-0.25, -0.2) is 27.6 Å². The van der Waals surface area contributed by atoms with Crippen LogP contribution < -0.4 is 15.4 Å². The van der Waals surface area contributed by atoms with E-state index < -0.39 is 71.1 Å². The van der Waals surface area contributed by atoms with Crippen LogP contribution in [0.2, 0.25) is 0 Å². The van der Waals surface area contributed by atoms with Gasteiger partial charge in [-0.2, -0.15) is 8.78 Å². The third-order valence-electron chi connectivity index (χ3n) is 5.17. The highest BCUT2D eigenvalue weighted by Crippen LogP contribution is 2.29. The van der Waals surface area contributed by atoms with E-state index in [1.165, 1.54) is 24.3 Å². The van der Waals surface area contributed by atoms with Gasteiger partial charge < -0.3 is 19.5 Å². The maximum atomic E-state index is 14.2. The summed E-state index contributed by atoms with van der Waals surface area (Å²) in [6, 6.07) is 12.6. The minimum absolute atomic E-state index is 0.207. The van der Waals surface area contributed by atoms with Crippen molar-refractivity contribution in [2.75, 3.05) is 5.32 Å². The summed E-state index contributed by atoms with van der Waals surface area (Å²) < 4.78 is 83.8. The van der Waals surface area contributed by atoms with Crippen LogP contribution in [0.3, 0.4) is 0 Å². The van der Waals surface area contributed by atoms with Crippen molar-refractivity contribution < 1.29 is 50.5 Å². The van der Waals surface area contributed by atoms with Crippen molar-refractivity contribution in [2.45, 2.75) is 45.4 Å². The van der Waals surface area contributed by atoms with E-state index in [4.69, 9.17) is 9.47 Å². The summed E-state index contributed by atoms with van der Waals surface area (Å²) in [6.45, 7) is 4.77. The van der Waals surface area contributed by atoms with E-state index in [9.17, 15) is 36.3 Å². The van der Waals surface area contributed by atoms with Gasteiger partial charge in [-0.15, -0.1) is 0 Å². The molecule has 41 heavy (non-hydrogen) atoms. The molecule has 218 valence electrons. The number of alkyl carbamates (subject to hydrolysis) is 1. The number of carbonyl (C=O) groups is 3. The Morgan fingerprint density at radius 3 is 1.98 bits per heavy atom. The Morgan fingerprint density at radius 1 is 0.780 bits per heavy atom. The van der Waals surface area contributed by atoms with Crippen LogP contribution in [0.5, 0.6) is 5.75 Å². The Balaban J connectivity index is 1.83. The molecule has 3 aromatic rings. The first-order chi connectivity index (χ1) is 19.2. The summed E-state index contributed by atoms with van der Waals surface area (Å²) in [5.74, 6) is -15.2. The number of halogens is 5. The fraction of sp³-hybridized carbons (Fsp3) is 0.250. The number of benzene rings is 3. The molecule has 13 heteroatoms. The molecule has 3 aromatic carbocycles. The van der Waals surface area contributed by atoms with Gasteiger partial charge in [0.25, 0.3) is 0 Å². The standard InChI is InChI=1S/C28H25F5N2O6/c1-28(2,3)41-27(38)34-17-11-7-10-16(12-17)13-18(35-26(37)39-14-15-8-5-4-6-9-15)25(36)40-24-22(32)20(30)19(29)21(31)23(24)33/h4-12,18H,13-14H2,1-3H3,(H,34,38)(H,35,37)/t18-/m0/s1. The van der Waals surface area contributed by atoms with Crippen LogP contribution in [0.4, 0.5) is 37.2 Å². The molecule has 1 atom stereocenters. The summed E-state index contributed by atoms with van der Waals surface area (Å²) >= 11 is 0. The monoisotopic (exact) mass is 580 g/mol. The van der Waals surface area contributed by atoms with Crippen molar-refractivity contribution in [1.29, 1.82) is 0 Å². The molecule has 8 nitrogen and oxygen atoms in total. The lowest BCUT2D eigenvalue weighted by molar-refractivity contribution is -0.137. The second kappa shape index (κ2) is 13.1. The molecule has 0 spiro atoms. The van der Waals surface area contributed by atoms with Crippen LogP contribution >= 0.6 is 0 Å². The minimum Gasteiger partial charge on any atom is -0.445 e.